The number of allylic oxidation sites excluding steroid dienone is 1. The minimum atomic E-state index is -0.736. The molecule has 1 atom stereocenters. The fraction of sp³-hybridized carbons (Fsp3) is 0.212. The molecule has 0 fully saturated rings. The average Bonchev–Trinajstić information content (AvgIpc) is 3.31. The Morgan fingerprint density at radius 2 is 1.75 bits per heavy atom. The van der Waals surface area contributed by atoms with Gasteiger partial charge in [-0.3, -0.25) is 9.36 Å². The molecule has 1 aliphatic heterocycles. The molecule has 0 unspecified atom stereocenters. The highest BCUT2D eigenvalue weighted by molar-refractivity contribution is 14.1. The number of benzene rings is 3. The molecule has 3 aromatic carbocycles. The van der Waals surface area contributed by atoms with Crippen LogP contribution in [0, 0.1) is 3.57 Å². The number of hydrogen-bond acceptors (Lipinski definition) is 9. The maximum Gasteiger partial charge on any atom is 0.344 e. The molecule has 9 nitrogen and oxygen atoms in total. The van der Waals surface area contributed by atoms with Crippen LogP contribution in [-0.2, 0) is 9.53 Å². The van der Waals surface area contributed by atoms with Crippen LogP contribution in [0.3, 0.4) is 0 Å². The molecule has 1 aliphatic rings. The first-order valence-electron chi connectivity index (χ1n) is 13.8. The SMILES string of the molecule is CCOC(=O)C1=C(C)N=c2s/c(=C/c3ccc(OC(=O)c4ccccc4I)c(OCC)c3)c(=O)n2[C@@H]1c1ccc(OC)cc1. The van der Waals surface area contributed by atoms with E-state index in [-0.39, 0.29) is 17.9 Å². The van der Waals surface area contributed by atoms with Crippen LogP contribution < -0.4 is 29.1 Å². The Hall–Kier alpha value is -4.23. The van der Waals surface area contributed by atoms with Crippen LogP contribution in [-0.4, -0.2) is 36.8 Å². The fourth-order valence-corrected chi connectivity index (χ4v) is 6.45. The van der Waals surface area contributed by atoms with Gasteiger partial charge in [-0.1, -0.05) is 41.7 Å². The molecule has 5 rings (SSSR count). The average molecular weight is 725 g/mol. The number of carbonyl (C=O) groups is 2. The minimum absolute atomic E-state index is 0.188. The smallest absolute Gasteiger partial charge is 0.344 e. The van der Waals surface area contributed by atoms with Gasteiger partial charge in [-0.05, 0) is 97.0 Å². The molecule has 0 radical (unpaired) electrons. The number of esters is 2. The molecule has 0 bridgehead atoms. The Labute approximate surface area is 271 Å². The Morgan fingerprint density at radius 3 is 2.43 bits per heavy atom. The van der Waals surface area contributed by atoms with Crippen LogP contribution in [0.25, 0.3) is 6.08 Å². The number of thiazole rings is 1. The zero-order valence-electron chi connectivity index (χ0n) is 24.5. The van der Waals surface area contributed by atoms with Crippen molar-refractivity contribution in [1.82, 2.24) is 4.57 Å². The molecule has 4 aromatic rings. The lowest BCUT2D eigenvalue weighted by atomic mass is 9.96. The van der Waals surface area contributed by atoms with E-state index in [9.17, 15) is 14.4 Å². The third kappa shape index (κ3) is 6.34. The second kappa shape index (κ2) is 13.6. The van der Waals surface area contributed by atoms with Crippen LogP contribution in [0.15, 0.2) is 87.8 Å². The molecule has 226 valence electrons. The molecule has 0 amide bonds. The van der Waals surface area contributed by atoms with E-state index in [0.29, 0.717) is 55.4 Å². The van der Waals surface area contributed by atoms with E-state index < -0.39 is 18.0 Å². The first kappa shape index (κ1) is 31.2. The number of carbonyl (C=O) groups excluding carboxylic acids is 2. The number of ether oxygens (including phenoxy) is 4. The molecule has 44 heavy (non-hydrogen) atoms. The van der Waals surface area contributed by atoms with E-state index in [1.807, 2.05) is 31.2 Å². The Bertz CT molecular complexity index is 1940. The zero-order valence-corrected chi connectivity index (χ0v) is 27.4. The predicted molar refractivity (Wildman–Crippen MR) is 175 cm³/mol. The molecule has 0 spiro atoms. The van der Waals surface area contributed by atoms with Gasteiger partial charge in [-0.15, -0.1) is 0 Å². The molecule has 0 N–H and O–H groups in total. The van der Waals surface area contributed by atoms with E-state index >= 15 is 0 Å². The van der Waals surface area contributed by atoms with Gasteiger partial charge in [-0.2, -0.15) is 0 Å². The van der Waals surface area contributed by atoms with Gasteiger partial charge in [0, 0.05) is 3.57 Å². The number of aromatic nitrogens is 1. The summed E-state index contributed by atoms with van der Waals surface area (Å²) in [4.78, 5) is 45.0. The van der Waals surface area contributed by atoms with Gasteiger partial charge in [0.2, 0.25) is 0 Å². The maximum absolute atomic E-state index is 14.0. The minimum Gasteiger partial charge on any atom is -0.497 e. The van der Waals surface area contributed by atoms with Crippen LogP contribution in [0.1, 0.15) is 48.3 Å². The number of nitrogens with zero attached hydrogens (tertiary/aromatic N) is 2. The molecule has 1 aromatic heterocycles. The van der Waals surface area contributed by atoms with Crippen molar-refractivity contribution < 1.29 is 28.5 Å². The molecule has 11 heteroatoms. The second-order valence-electron chi connectivity index (χ2n) is 9.58. The molecule has 0 aliphatic carbocycles. The summed E-state index contributed by atoms with van der Waals surface area (Å²) in [6.07, 6.45) is 1.73. The lowest BCUT2D eigenvalue weighted by Gasteiger charge is -2.24. The summed E-state index contributed by atoms with van der Waals surface area (Å²) in [6, 6.07) is 18.7. The van der Waals surface area contributed by atoms with Gasteiger partial charge in [0.15, 0.2) is 16.3 Å². The highest BCUT2D eigenvalue weighted by Crippen LogP contribution is 2.32. The second-order valence-corrected chi connectivity index (χ2v) is 11.8. The monoisotopic (exact) mass is 724 g/mol. The highest BCUT2D eigenvalue weighted by atomic mass is 127. The van der Waals surface area contributed by atoms with E-state index in [0.717, 1.165) is 3.57 Å². The predicted octanol–water partition coefficient (Wildman–Crippen LogP) is 5.03. The van der Waals surface area contributed by atoms with Crippen LogP contribution in [0.4, 0.5) is 0 Å². The molecule has 2 heterocycles. The van der Waals surface area contributed by atoms with Crippen molar-refractivity contribution in [1.29, 1.82) is 0 Å². The molecular weight excluding hydrogens is 695 g/mol. The van der Waals surface area contributed by atoms with Crippen molar-refractivity contribution in [2.45, 2.75) is 26.8 Å². The van der Waals surface area contributed by atoms with Crippen molar-refractivity contribution in [3.05, 3.63) is 118 Å². The number of fused-ring (bicyclic) bond motifs is 1. The van der Waals surface area contributed by atoms with Gasteiger partial charge in [0.25, 0.3) is 5.56 Å². The van der Waals surface area contributed by atoms with E-state index in [2.05, 4.69) is 27.6 Å². The lowest BCUT2D eigenvalue weighted by Crippen LogP contribution is -2.39. The van der Waals surface area contributed by atoms with Crippen LogP contribution >= 0.6 is 33.9 Å². The lowest BCUT2D eigenvalue weighted by molar-refractivity contribution is -0.139. The highest BCUT2D eigenvalue weighted by Gasteiger charge is 2.33. The number of methoxy groups -OCH3 is 1. The van der Waals surface area contributed by atoms with Gasteiger partial charge in [-0.25, -0.2) is 14.6 Å². The van der Waals surface area contributed by atoms with Crippen molar-refractivity contribution >= 4 is 51.9 Å². The van der Waals surface area contributed by atoms with E-state index in [1.165, 1.54) is 15.9 Å². The Balaban J connectivity index is 1.57. The largest absolute Gasteiger partial charge is 0.497 e. The van der Waals surface area contributed by atoms with Crippen molar-refractivity contribution in [2.24, 2.45) is 4.99 Å². The topological polar surface area (TPSA) is 105 Å². The van der Waals surface area contributed by atoms with Crippen molar-refractivity contribution in [3.63, 3.8) is 0 Å². The number of halogens is 1. The zero-order chi connectivity index (χ0) is 31.4. The number of hydrogen-bond donors (Lipinski definition) is 0. The normalized spacial score (nSPS) is 14.5. The summed E-state index contributed by atoms with van der Waals surface area (Å²) in [7, 11) is 1.57. The molecular formula is C33H29IN2O7S. The third-order valence-corrected chi connectivity index (χ3v) is 8.73. The van der Waals surface area contributed by atoms with Gasteiger partial charge in [0.05, 0.1) is 47.7 Å². The Kier molecular flexibility index (Phi) is 9.64. The van der Waals surface area contributed by atoms with E-state index in [4.69, 9.17) is 18.9 Å². The summed E-state index contributed by atoms with van der Waals surface area (Å²) < 4.78 is 24.9. The summed E-state index contributed by atoms with van der Waals surface area (Å²) in [5.41, 5.74) is 2.30. The fourth-order valence-electron chi connectivity index (χ4n) is 4.79. The van der Waals surface area contributed by atoms with Gasteiger partial charge < -0.3 is 18.9 Å². The van der Waals surface area contributed by atoms with E-state index in [1.54, 1.807) is 69.5 Å². The van der Waals surface area contributed by atoms with Crippen molar-refractivity contribution in [2.75, 3.05) is 20.3 Å². The van der Waals surface area contributed by atoms with Gasteiger partial charge >= 0.3 is 11.9 Å². The van der Waals surface area contributed by atoms with Crippen LogP contribution in [0.5, 0.6) is 17.2 Å². The summed E-state index contributed by atoms with van der Waals surface area (Å²) in [5.74, 6) is 0.260. The quantitative estimate of drug-likeness (QED) is 0.136. The maximum atomic E-state index is 14.0. The Morgan fingerprint density at radius 1 is 1.00 bits per heavy atom. The first-order chi connectivity index (χ1) is 21.2. The summed E-state index contributed by atoms with van der Waals surface area (Å²) in [5, 5.41) is 0. The number of rotatable bonds is 9. The first-order valence-corrected chi connectivity index (χ1v) is 15.7. The molecule has 0 saturated heterocycles. The third-order valence-electron chi connectivity index (χ3n) is 6.81. The van der Waals surface area contributed by atoms with Crippen LogP contribution in [0.2, 0.25) is 0 Å². The molecule has 0 saturated carbocycles. The standard InChI is InChI=1S/C33H29IN2O7S/c1-5-41-26-17-20(11-16-25(26)43-31(38)23-9-7-8-10-24(23)34)18-27-30(37)36-29(21-12-14-22(40-4)15-13-21)28(32(39)42-6-2)19(3)35-33(36)44-27/h7-18,29H,5-6H2,1-4H3/b27-18+/t29-/m1/s1. The summed E-state index contributed by atoms with van der Waals surface area (Å²) >= 11 is 3.31. The van der Waals surface area contributed by atoms with Gasteiger partial charge in [0.1, 0.15) is 5.75 Å². The van der Waals surface area contributed by atoms with Crippen molar-refractivity contribution in [3.8, 4) is 17.2 Å². The summed E-state index contributed by atoms with van der Waals surface area (Å²) in [6.45, 7) is 5.84.